The van der Waals surface area contributed by atoms with Crippen molar-refractivity contribution in [2.45, 2.75) is 39.1 Å². The highest BCUT2D eigenvalue weighted by Gasteiger charge is 2.29. The molecule has 2 heterocycles. The van der Waals surface area contributed by atoms with Crippen LogP contribution in [0, 0.1) is 27.7 Å². The second-order valence-corrected chi connectivity index (χ2v) is 12.7. The Morgan fingerprint density at radius 3 is 2.19 bits per heavy atom. The van der Waals surface area contributed by atoms with Gasteiger partial charge in [0.05, 0.1) is 17.1 Å². The Kier molecular flexibility index (Phi) is 8.13. The molecule has 0 unspecified atom stereocenters. The summed E-state index contributed by atoms with van der Waals surface area (Å²) in [4.78, 5) is 35.1. The van der Waals surface area contributed by atoms with Crippen molar-refractivity contribution in [2.75, 3.05) is 36.0 Å². The van der Waals surface area contributed by atoms with Gasteiger partial charge >= 0.3 is 0 Å². The molecule has 0 N–H and O–H groups in total. The molecule has 1 saturated heterocycles. The number of carbonyl (C=O) groups is 2. The zero-order valence-corrected chi connectivity index (χ0v) is 26.1. The monoisotopic (exact) mass is 587 g/mol. The van der Waals surface area contributed by atoms with E-state index in [0.717, 1.165) is 34.8 Å². The molecule has 43 heavy (non-hydrogen) atoms. The molecule has 6 heteroatoms. The van der Waals surface area contributed by atoms with Crippen molar-refractivity contribution in [1.29, 1.82) is 0 Å². The molecule has 2 aliphatic rings. The van der Waals surface area contributed by atoms with E-state index in [1.807, 2.05) is 58.3 Å². The van der Waals surface area contributed by atoms with Crippen LogP contribution in [0.15, 0.2) is 94.7 Å². The molecule has 0 saturated carbocycles. The summed E-state index contributed by atoms with van der Waals surface area (Å²) in [6.45, 7) is 12.0. The predicted octanol–water partition coefficient (Wildman–Crippen LogP) is 7.56. The number of anilines is 2. The van der Waals surface area contributed by atoms with Gasteiger partial charge in [-0.2, -0.15) is 0 Å². The maximum absolute atomic E-state index is 13.8. The molecule has 0 bridgehead atoms. The molecule has 0 spiro atoms. The average molecular weight is 588 g/mol. The first kappa shape index (κ1) is 28.8. The largest absolute Gasteiger partial charge is 0.368 e. The standard InChI is InChI=1S/C37H37N3O2S/c1-25-9-11-27(3)31(21-25)24-40-32-7-5-6-8-34(32)43-35(37(40)42)23-29-13-15-30(16-14-29)36(41)39-19-17-38(18-20-39)33-22-26(2)10-12-28(33)4/h5-16,21-23H,17-20,24H2,1-4H3/b35-23-. The van der Waals surface area contributed by atoms with E-state index in [4.69, 9.17) is 0 Å². The molecule has 4 aromatic carbocycles. The Balaban J connectivity index is 1.17. The number of hydrogen-bond donors (Lipinski definition) is 0. The molecule has 0 atom stereocenters. The zero-order chi connectivity index (χ0) is 30.1. The van der Waals surface area contributed by atoms with Crippen LogP contribution in [0.1, 0.15) is 43.7 Å². The molecule has 218 valence electrons. The van der Waals surface area contributed by atoms with Crippen molar-refractivity contribution >= 4 is 41.0 Å². The van der Waals surface area contributed by atoms with Crippen molar-refractivity contribution in [2.24, 2.45) is 0 Å². The Morgan fingerprint density at radius 1 is 0.767 bits per heavy atom. The Bertz CT molecular complexity index is 1720. The number of thioether (sulfide) groups is 1. The molecular formula is C37H37N3O2S. The number of carbonyl (C=O) groups excluding carboxylic acids is 2. The first-order valence-corrected chi connectivity index (χ1v) is 15.7. The quantitative estimate of drug-likeness (QED) is 0.226. The second kappa shape index (κ2) is 12.1. The van der Waals surface area contributed by atoms with Crippen LogP contribution in [0.4, 0.5) is 11.4 Å². The Labute approximate surface area is 258 Å². The van der Waals surface area contributed by atoms with Crippen molar-refractivity contribution in [1.82, 2.24) is 4.90 Å². The summed E-state index contributed by atoms with van der Waals surface area (Å²) >= 11 is 1.51. The number of nitrogens with zero attached hydrogens (tertiary/aromatic N) is 3. The van der Waals surface area contributed by atoms with E-state index in [2.05, 4.69) is 75.1 Å². The fourth-order valence-electron chi connectivity index (χ4n) is 5.83. The van der Waals surface area contributed by atoms with Crippen LogP contribution in [-0.4, -0.2) is 42.9 Å². The average Bonchev–Trinajstić information content (AvgIpc) is 3.02. The number of fused-ring (bicyclic) bond motifs is 1. The molecule has 0 radical (unpaired) electrons. The number of amides is 2. The summed E-state index contributed by atoms with van der Waals surface area (Å²) in [6, 6.07) is 28.6. The molecule has 6 rings (SSSR count). The smallest absolute Gasteiger partial charge is 0.265 e. The van der Waals surface area contributed by atoms with E-state index in [1.54, 1.807) is 0 Å². The summed E-state index contributed by atoms with van der Waals surface area (Å²) < 4.78 is 0. The van der Waals surface area contributed by atoms with Crippen molar-refractivity contribution < 1.29 is 9.59 Å². The van der Waals surface area contributed by atoms with Gasteiger partial charge in [-0.25, -0.2) is 0 Å². The van der Waals surface area contributed by atoms with Gasteiger partial charge in [0.1, 0.15) is 0 Å². The van der Waals surface area contributed by atoms with Crippen molar-refractivity contribution in [3.8, 4) is 0 Å². The van der Waals surface area contributed by atoms with Crippen LogP contribution in [0.3, 0.4) is 0 Å². The van der Waals surface area contributed by atoms with Gasteiger partial charge in [0.15, 0.2) is 0 Å². The van der Waals surface area contributed by atoms with E-state index in [1.165, 1.54) is 39.7 Å². The van der Waals surface area contributed by atoms with Gasteiger partial charge in [-0.05, 0) is 91.9 Å². The van der Waals surface area contributed by atoms with E-state index in [-0.39, 0.29) is 11.8 Å². The van der Waals surface area contributed by atoms with E-state index < -0.39 is 0 Å². The van der Waals surface area contributed by atoms with Gasteiger partial charge in [-0.1, -0.05) is 71.9 Å². The van der Waals surface area contributed by atoms with E-state index >= 15 is 0 Å². The van der Waals surface area contributed by atoms with Crippen molar-refractivity contribution in [3.05, 3.63) is 129 Å². The molecule has 4 aromatic rings. The first-order chi connectivity index (χ1) is 20.8. The molecule has 2 aliphatic heterocycles. The van der Waals surface area contributed by atoms with Crippen LogP contribution < -0.4 is 9.80 Å². The maximum atomic E-state index is 13.8. The Hall–Kier alpha value is -4.29. The molecule has 0 aromatic heterocycles. The molecule has 5 nitrogen and oxygen atoms in total. The van der Waals surface area contributed by atoms with Gasteiger partial charge in [0.2, 0.25) is 0 Å². The third-order valence-corrected chi connectivity index (χ3v) is 9.47. The third kappa shape index (κ3) is 6.11. The lowest BCUT2D eigenvalue weighted by Crippen LogP contribution is -2.49. The van der Waals surface area contributed by atoms with Gasteiger partial charge in [-0.15, -0.1) is 0 Å². The number of benzene rings is 4. The number of para-hydroxylation sites is 1. The third-order valence-electron chi connectivity index (χ3n) is 8.39. The number of rotatable bonds is 5. The van der Waals surface area contributed by atoms with E-state index in [9.17, 15) is 9.59 Å². The van der Waals surface area contributed by atoms with Crippen LogP contribution in [0.5, 0.6) is 0 Å². The molecule has 0 aliphatic carbocycles. The number of hydrogen-bond acceptors (Lipinski definition) is 4. The summed E-state index contributed by atoms with van der Waals surface area (Å²) in [6.07, 6.45) is 1.94. The van der Waals surface area contributed by atoms with Crippen LogP contribution in [0.2, 0.25) is 0 Å². The molecule has 1 fully saturated rings. The fourth-order valence-corrected chi connectivity index (χ4v) is 6.89. The zero-order valence-electron chi connectivity index (χ0n) is 25.3. The predicted molar refractivity (Wildman–Crippen MR) is 178 cm³/mol. The summed E-state index contributed by atoms with van der Waals surface area (Å²) in [5.41, 5.74) is 9.79. The maximum Gasteiger partial charge on any atom is 0.265 e. The minimum atomic E-state index is -0.00789. The highest BCUT2D eigenvalue weighted by Crippen LogP contribution is 2.43. The first-order valence-electron chi connectivity index (χ1n) is 14.8. The van der Waals surface area contributed by atoms with Gasteiger partial charge in [0, 0.05) is 42.3 Å². The number of aryl methyl sites for hydroxylation is 4. The minimum absolute atomic E-state index is 0.00789. The fraction of sp³-hybridized carbons (Fsp3) is 0.243. The SMILES string of the molecule is Cc1ccc(C)c(CN2C(=O)/C(=C/c3ccc(C(=O)N4CCN(c5cc(C)ccc5C)CC4)cc3)Sc3ccccc32)c1. The topological polar surface area (TPSA) is 43.9 Å². The molecule has 2 amide bonds. The summed E-state index contributed by atoms with van der Waals surface area (Å²) in [7, 11) is 0. The van der Waals surface area contributed by atoms with E-state index in [0.29, 0.717) is 30.1 Å². The van der Waals surface area contributed by atoms with Crippen molar-refractivity contribution in [3.63, 3.8) is 0 Å². The van der Waals surface area contributed by atoms with Gasteiger partial charge < -0.3 is 14.7 Å². The summed E-state index contributed by atoms with van der Waals surface area (Å²) in [5.74, 6) is 0.0445. The van der Waals surface area contributed by atoms with Gasteiger partial charge in [0.25, 0.3) is 11.8 Å². The number of piperazine rings is 1. The minimum Gasteiger partial charge on any atom is -0.368 e. The normalized spacial score (nSPS) is 16.0. The second-order valence-electron chi connectivity index (χ2n) is 11.6. The van der Waals surface area contributed by atoms with Crippen LogP contribution >= 0.6 is 11.8 Å². The van der Waals surface area contributed by atoms with Gasteiger partial charge in [-0.3, -0.25) is 9.59 Å². The highest BCUT2D eigenvalue weighted by atomic mass is 32.2. The lowest BCUT2D eigenvalue weighted by Gasteiger charge is -2.37. The highest BCUT2D eigenvalue weighted by molar-refractivity contribution is 8.04. The lowest BCUT2D eigenvalue weighted by molar-refractivity contribution is -0.114. The lowest BCUT2D eigenvalue weighted by atomic mass is 10.0. The summed E-state index contributed by atoms with van der Waals surface area (Å²) in [5, 5.41) is 0. The Morgan fingerprint density at radius 2 is 1.44 bits per heavy atom. The van der Waals surface area contributed by atoms with Crippen LogP contribution in [-0.2, 0) is 11.3 Å². The molecular weight excluding hydrogens is 550 g/mol. The van der Waals surface area contributed by atoms with Crippen LogP contribution in [0.25, 0.3) is 6.08 Å².